The third kappa shape index (κ3) is 1.56. The Hall–Kier alpha value is -1.20. The van der Waals surface area contributed by atoms with Crippen LogP contribution in [0.15, 0.2) is 11.6 Å². The molecule has 0 aromatic rings. The van der Waals surface area contributed by atoms with Crippen molar-refractivity contribution in [1.82, 2.24) is 0 Å². The standard InChI is InChI=1S/C9H14N2O3/c1-4-6(10)7(12)5(8(11)13)3-9(4,2)14/h3-4,6,14H,10H2,1-2H3,(H2,11,13)/t4?,6-,9-/m0/s1. The maximum atomic E-state index is 11.5. The highest BCUT2D eigenvalue weighted by atomic mass is 16.3. The van der Waals surface area contributed by atoms with Gasteiger partial charge < -0.3 is 16.6 Å². The predicted octanol–water partition coefficient (Wildman–Crippen LogP) is -1.30. The van der Waals surface area contributed by atoms with Gasteiger partial charge in [0.05, 0.1) is 17.2 Å². The van der Waals surface area contributed by atoms with Crippen molar-refractivity contribution < 1.29 is 14.7 Å². The summed E-state index contributed by atoms with van der Waals surface area (Å²) in [7, 11) is 0. The van der Waals surface area contributed by atoms with E-state index < -0.39 is 29.3 Å². The molecule has 0 spiro atoms. The zero-order valence-corrected chi connectivity index (χ0v) is 8.15. The van der Waals surface area contributed by atoms with Gasteiger partial charge in [0.1, 0.15) is 0 Å². The first-order valence-corrected chi connectivity index (χ1v) is 4.32. The second-order valence-corrected chi connectivity index (χ2v) is 3.83. The number of primary amides is 1. The van der Waals surface area contributed by atoms with Gasteiger partial charge in [0, 0.05) is 5.92 Å². The van der Waals surface area contributed by atoms with Crippen LogP contribution in [0, 0.1) is 5.92 Å². The Bertz CT molecular complexity index is 320. The van der Waals surface area contributed by atoms with Gasteiger partial charge in [-0.15, -0.1) is 0 Å². The molecular weight excluding hydrogens is 184 g/mol. The second-order valence-electron chi connectivity index (χ2n) is 3.83. The van der Waals surface area contributed by atoms with Gasteiger partial charge >= 0.3 is 0 Å². The Morgan fingerprint density at radius 2 is 2.14 bits per heavy atom. The summed E-state index contributed by atoms with van der Waals surface area (Å²) in [5.74, 6) is -1.78. The van der Waals surface area contributed by atoms with Crippen LogP contribution in [0.5, 0.6) is 0 Å². The number of rotatable bonds is 1. The third-order valence-electron chi connectivity index (χ3n) is 2.73. The molecule has 0 saturated carbocycles. The minimum absolute atomic E-state index is 0.208. The summed E-state index contributed by atoms with van der Waals surface area (Å²) in [5.41, 5.74) is 9.09. The van der Waals surface area contributed by atoms with Crippen LogP contribution in [0.2, 0.25) is 0 Å². The molecular formula is C9H14N2O3. The molecule has 0 aromatic carbocycles. The van der Waals surface area contributed by atoms with E-state index in [1.54, 1.807) is 6.92 Å². The molecule has 1 rings (SSSR count). The summed E-state index contributed by atoms with van der Waals surface area (Å²) < 4.78 is 0. The van der Waals surface area contributed by atoms with E-state index >= 15 is 0 Å². The van der Waals surface area contributed by atoms with Crippen LogP contribution < -0.4 is 11.5 Å². The molecule has 1 amide bonds. The minimum atomic E-state index is -1.27. The Balaban J connectivity index is 3.20. The van der Waals surface area contributed by atoms with Crippen LogP contribution in [0.25, 0.3) is 0 Å². The van der Waals surface area contributed by atoms with Gasteiger partial charge in [-0.1, -0.05) is 6.92 Å². The molecule has 1 aliphatic rings. The molecule has 0 heterocycles. The fraction of sp³-hybridized carbons (Fsp3) is 0.556. The van der Waals surface area contributed by atoms with Crippen molar-refractivity contribution in [3.05, 3.63) is 11.6 Å². The Kier molecular flexibility index (Phi) is 2.47. The van der Waals surface area contributed by atoms with E-state index in [9.17, 15) is 14.7 Å². The maximum Gasteiger partial charge on any atom is 0.252 e. The van der Waals surface area contributed by atoms with E-state index in [1.165, 1.54) is 13.0 Å². The number of ketones is 1. The highest BCUT2D eigenvalue weighted by Gasteiger charge is 2.42. The van der Waals surface area contributed by atoms with E-state index in [1.807, 2.05) is 0 Å². The number of Topliss-reactive ketones (excluding diaryl/α,β-unsaturated/α-hetero) is 1. The van der Waals surface area contributed by atoms with Gasteiger partial charge in [-0.2, -0.15) is 0 Å². The van der Waals surface area contributed by atoms with Crippen molar-refractivity contribution in [2.24, 2.45) is 17.4 Å². The van der Waals surface area contributed by atoms with Gasteiger partial charge in [-0.3, -0.25) is 9.59 Å². The average molecular weight is 198 g/mol. The van der Waals surface area contributed by atoms with Crippen LogP contribution in [0.4, 0.5) is 0 Å². The normalized spacial score (nSPS) is 38.0. The van der Waals surface area contributed by atoms with Crippen molar-refractivity contribution in [3.63, 3.8) is 0 Å². The van der Waals surface area contributed by atoms with Crippen molar-refractivity contribution >= 4 is 11.7 Å². The first kappa shape index (κ1) is 10.9. The molecule has 3 atom stereocenters. The predicted molar refractivity (Wildman–Crippen MR) is 50.0 cm³/mol. The topological polar surface area (TPSA) is 106 Å². The molecule has 5 nitrogen and oxygen atoms in total. The Morgan fingerprint density at radius 3 is 2.57 bits per heavy atom. The molecule has 1 unspecified atom stereocenters. The number of hydrogen-bond donors (Lipinski definition) is 3. The summed E-state index contributed by atoms with van der Waals surface area (Å²) in [4.78, 5) is 22.3. The van der Waals surface area contributed by atoms with E-state index in [0.717, 1.165) is 0 Å². The van der Waals surface area contributed by atoms with E-state index in [2.05, 4.69) is 0 Å². The lowest BCUT2D eigenvalue weighted by Gasteiger charge is -2.35. The number of aliphatic hydroxyl groups is 1. The van der Waals surface area contributed by atoms with E-state index in [-0.39, 0.29) is 5.57 Å². The zero-order chi connectivity index (χ0) is 11.1. The smallest absolute Gasteiger partial charge is 0.252 e. The first-order chi connectivity index (χ1) is 6.27. The summed E-state index contributed by atoms with van der Waals surface area (Å²) >= 11 is 0. The Labute approximate surface area is 81.8 Å². The summed E-state index contributed by atoms with van der Waals surface area (Å²) in [6.07, 6.45) is 1.19. The fourth-order valence-corrected chi connectivity index (χ4v) is 1.46. The third-order valence-corrected chi connectivity index (χ3v) is 2.73. The zero-order valence-electron chi connectivity index (χ0n) is 8.15. The fourth-order valence-electron chi connectivity index (χ4n) is 1.46. The lowest BCUT2D eigenvalue weighted by molar-refractivity contribution is -0.125. The van der Waals surface area contributed by atoms with Gasteiger partial charge in [0.2, 0.25) is 0 Å². The molecule has 5 heteroatoms. The Morgan fingerprint density at radius 1 is 1.64 bits per heavy atom. The molecule has 0 bridgehead atoms. The largest absolute Gasteiger partial charge is 0.386 e. The van der Waals surface area contributed by atoms with Gasteiger partial charge in [-0.25, -0.2) is 0 Å². The average Bonchev–Trinajstić information content (AvgIpc) is 2.08. The second kappa shape index (κ2) is 3.18. The summed E-state index contributed by atoms with van der Waals surface area (Å²) in [6.45, 7) is 3.14. The monoisotopic (exact) mass is 198 g/mol. The van der Waals surface area contributed by atoms with Gasteiger partial charge in [0.25, 0.3) is 5.91 Å². The highest BCUT2D eigenvalue weighted by Crippen LogP contribution is 2.28. The van der Waals surface area contributed by atoms with Crippen molar-refractivity contribution in [2.45, 2.75) is 25.5 Å². The molecule has 0 aliphatic heterocycles. The molecule has 0 aromatic heterocycles. The summed E-state index contributed by atoms with van der Waals surface area (Å²) in [6, 6.07) is -0.877. The lowest BCUT2D eigenvalue weighted by atomic mass is 9.75. The van der Waals surface area contributed by atoms with Crippen molar-refractivity contribution in [1.29, 1.82) is 0 Å². The number of carbonyl (C=O) groups is 2. The van der Waals surface area contributed by atoms with Crippen molar-refractivity contribution in [2.75, 3.05) is 0 Å². The number of amides is 1. The quantitative estimate of drug-likeness (QED) is 0.455. The number of nitrogens with two attached hydrogens (primary N) is 2. The van der Waals surface area contributed by atoms with Crippen LogP contribution in [0.3, 0.4) is 0 Å². The lowest BCUT2D eigenvalue weighted by Crippen LogP contribution is -2.53. The van der Waals surface area contributed by atoms with Gasteiger partial charge in [-0.05, 0) is 13.0 Å². The molecule has 5 N–H and O–H groups in total. The van der Waals surface area contributed by atoms with Gasteiger partial charge in [0.15, 0.2) is 5.78 Å². The first-order valence-electron chi connectivity index (χ1n) is 4.32. The molecule has 14 heavy (non-hydrogen) atoms. The molecule has 78 valence electrons. The van der Waals surface area contributed by atoms with Crippen LogP contribution in [0.1, 0.15) is 13.8 Å². The molecule has 0 fully saturated rings. The number of carbonyl (C=O) groups excluding carboxylic acids is 2. The van der Waals surface area contributed by atoms with E-state index in [4.69, 9.17) is 11.5 Å². The van der Waals surface area contributed by atoms with E-state index in [0.29, 0.717) is 0 Å². The highest BCUT2D eigenvalue weighted by molar-refractivity contribution is 6.21. The summed E-state index contributed by atoms with van der Waals surface area (Å²) in [5, 5.41) is 9.83. The van der Waals surface area contributed by atoms with Crippen LogP contribution >= 0.6 is 0 Å². The molecule has 1 aliphatic carbocycles. The molecule has 0 saturated heterocycles. The minimum Gasteiger partial charge on any atom is -0.386 e. The maximum absolute atomic E-state index is 11.5. The number of hydrogen-bond acceptors (Lipinski definition) is 4. The SMILES string of the molecule is CC1[C@H](N)C(=O)C(C(N)=O)=C[C@]1(C)O. The van der Waals surface area contributed by atoms with Crippen LogP contribution in [-0.2, 0) is 9.59 Å². The van der Waals surface area contributed by atoms with Crippen molar-refractivity contribution in [3.8, 4) is 0 Å². The molecule has 0 radical (unpaired) electrons. The van der Waals surface area contributed by atoms with Crippen LogP contribution in [-0.4, -0.2) is 28.4 Å².